The van der Waals surface area contributed by atoms with Gasteiger partial charge in [0.15, 0.2) is 6.10 Å². The van der Waals surface area contributed by atoms with Crippen molar-refractivity contribution in [3.63, 3.8) is 0 Å². The molecule has 13 heavy (non-hydrogen) atoms. The van der Waals surface area contributed by atoms with E-state index in [4.69, 9.17) is 5.11 Å². The lowest BCUT2D eigenvalue weighted by Gasteiger charge is -2.09. The van der Waals surface area contributed by atoms with Gasteiger partial charge in [-0.3, -0.25) is 0 Å². The van der Waals surface area contributed by atoms with E-state index in [0.29, 0.717) is 0 Å². The first-order valence-corrected chi connectivity index (χ1v) is 3.69. The third kappa shape index (κ3) is 6.39. The third-order valence-corrected chi connectivity index (χ3v) is 1.41. The van der Waals surface area contributed by atoms with Crippen molar-refractivity contribution in [2.75, 3.05) is 7.11 Å². The maximum Gasteiger partial charge on any atom is 0.389 e. The van der Waals surface area contributed by atoms with Gasteiger partial charge in [0.2, 0.25) is 0 Å². The fourth-order valence-electron chi connectivity index (χ4n) is 0.750. The van der Waals surface area contributed by atoms with Crippen LogP contribution in [-0.2, 0) is 9.53 Å². The van der Waals surface area contributed by atoms with E-state index in [9.17, 15) is 18.0 Å². The molecule has 0 amide bonds. The van der Waals surface area contributed by atoms with Crippen LogP contribution in [0.25, 0.3) is 0 Å². The Hall–Kier alpha value is -0.780. The second-order valence-electron chi connectivity index (χ2n) is 2.55. The van der Waals surface area contributed by atoms with E-state index in [1.54, 1.807) is 0 Å². The fourth-order valence-corrected chi connectivity index (χ4v) is 0.750. The molecule has 78 valence electrons. The van der Waals surface area contributed by atoms with Crippen molar-refractivity contribution in [1.82, 2.24) is 0 Å². The summed E-state index contributed by atoms with van der Waals surface area (Å²) >= 11 is 0. The summed E-state index contributed by atoms with van der Waals surface area (Å²) in [6.45, 7) is 0. The molecule has 1 atom stereocenters. The average Bonchev–Trinajstić information content (AvgIpc) is 2.00. The zero-order valence-electron chi connectivity index (χ0n) is 7.10. The number of rotatable bonds is 4. The van der Waals surface area contributed by atoms with E-state index in [2.05, 4.69) is 4.74 Å². The Balaban J connectivity index is 3.59. The molecule has 0 bridgehead atoms. The van der Waals surface area contributed by atoms with Gasteiger partial charge in [0.25, 0.3) is 0 Å². The van der Waals surface area contributed by atoms with E-state index >= 15 is 0 Å². The minimum absolute atomic E-state index is 0.230. The van der Waals surface area contributed by atoms with E-state index in [1.807, 2.05) is 0 Å². The molecule has 1 unspecified atom stereocenters. The number of aliphatic hydroxyl groups excluding tert-OH is 1. The molecular formula is C7H11F3O3. The van der Waals surface area contributed by atoms with Gasteiger partial charge in [0, 0.05) is 6.42 Å². The second kappa shape index (κ2) is 5.06. The molecule has 3 nitrogen and oxygen atoms in total. The lowest BCUT2D eigenvalue weighted by molar-refractivity contribution is -0.153. The molecule has 0 radical (unpaired) electrons. The number of hydrogen-bond donors (Lipinski definition) is 1. The van der Waals surface area contributed by atoms with E-state index in [1.165, 1.54) is 0 Å². The summed E-state index contributed by atoms with van der Waals surface area (Å²) in [5.74, 6) is -0.901. The maximum absolute atomic E-state index is 11.6. The molecule has 0 aliphatic rings. The normalized spacial score (nSPS) is 13.9. The number of halogens is 3. The Kier molecular flexibility index (Phi) is 4.76. The molecule has 0 heterocycles. The van der Waals surface area contributed by atoms with Gasteiger partial charge in [-0.15, -0.1) is 0 Å². The summed E-state index contributed by atoms with van der Waals surface area (Å²) in [6.07, 6.45) is -7.20. The Bertz CT molecular complexity index is 167. The number of alkyl halides is 3. The molecule has 0 aromatic heterocycles. The standard InChI is InChI=1S/C7H11F3O3/c1-13-6(12)5(11)3-2-4-7(8,9)10/h5,11H,2-4H2,1H3. The highest BCUT2D eigenvalue weighted by Gasteiger charge is 2.27. The Morgan fingerprint density at radius 1 is 1.54 bits per heavy atom. The lowest BCUT2D eigenvalue weighted by Crippen LogP contribution is -2.22. The van der Waals surface area contributed by atoms with E-state index in [-0.39, 0.29) is 12.8 Å². The van der Waals surface area contributed by atoms with Crippen LogP contribution >= 0.6 is 0 Å². The van der Waals surface area contributed by atoms with Gasteiger partial charge in [0.05, 0.1) is 7.11 Å². The summed E-state index contributed by atoms with van der Waals surface area (Å²) in [6, 6.07) is 0. The molecule has 0 rings (SSSR count). The monoisotopic (exact) mass is 200 g/mol. The Labute approximate surface area is 73.5 Å². The first-order chi connectivity index (χ1) is 5.87. The zero-order chi connectivity index (χ0) is 10.5. The first kappa shape index (κ1) is 12.2. The lowest BCUT2D eigenvalue weighted by atomic mass is 10.1. The molecule has 1 N–H and O–H groups in total. The molecule has 0 fully saturated rings. The summed E-state index contributed by atoms with van der Waals surface area (Å²) in [5, 5.41) is 8.87. The molecule has 0 aromatic carbocycles. The van der Waals surface area contributed by atoms with E-state index < -0.39 is 24.7 Å². The van der Waals surface area contributed by atoms with Gasteiger partial charge < -0.3 is 9.84 Å². The first-order valence-electron chi connectivity index (χ1n) is 3.69. The van der Waals surface area contributed by atoms with Crippen molar-refractivity contribution in [3.8, 4) is 0 Å². The van der Waals surface area contributed by atoms with Gasteiger partial charge in [0.1, 0.15) is 0 Å². The third-order valence-electron chi connectivity index (χ3n) is 1.41. The predicted octanol–water partition coefficient (Wildman–Crippen LogP) is 1.25. The minimum atomic E-state index is -4.24. The summed E-state index contributed by atoms with van der Waals surface area (Å²) in [5.41, 5.74) is 0. The minimum Gasteiger partial charge on any atom is -0.467 e. The topological polar surface area (TPSA) is 46.5 Å². The van der Waals surface area contributed by atoms with E-state index in [0.717, 1.165) is 7.11 Å². The number of carbonyl (C=O) groups excluding carboxylic acids is 1. The maximum atomic E-state index is 11.6. The molecule has 0 aromatic rings. The smallest absolute Gasteiger partial charge is 0.389 e. The van der Waals surface area contributed by atoms with Crippen LogP contribution in [0.1, 0.15) is 19.3 Å². The van der Waals surface area contributed by atoms with Gasteiger partial charge in [-0.2, -0.15) is 13.2 Å². The number of ether oxygens (including phenoxy) is 1. The van der Waals surface area contributed by atoms with Crippen LogP contribution in [0.5, 0.6) is 0 Å². The van der Waals surface area contributed by atoms with Crippen molar-refractivity contribution in [3.05, 3.63) is 0 Å². The van der Waals surface area contributed by atoms with Crippen molar-refractivity contribution >= 4 is 5.97 Å². The van der Waals surface area contributed by atoms with Gasteiger partial charge in [-0.25, -0.2) is 4.79 Å². The molecule has 0 aliphatic heterocycles. The molecule has 0 saturated heterocycles. The number of hydrogen-bond acceptors (Lipinski definition) is 3. The predicted molar refractivity (Wildman–Crippen MR) is 37.9 cm³/mol. The second-order valence-corrected chi connectivity index (χ2v) is 2.55. The van der Waals surface area contributed by atoms with Crippen LogP contribution in [0.3, 0.4) is 0 Å². The Morgan fingerprint density at radius 2 is 2.08 bits per heavy atom. The molecule has 6 heteroatoms. The number of methoxy groups -OCH3 is 1. The van der Waals surface area contributed by atoms with Gasteiger partial charge in [-0.1, -0.05) is 0 Å². The average molecular weight is 200 g/mol. The van der Waals surface area contributed by atoms with Crippen molar-refractivity contribution in [2.45, 2.75) is 31.5 Å². The van der Waals surface area contributed by atoms with Crippen LogP contribution in [0.15, 0.2) is 0 Å². The van der Waals surface area contributed by atoms with Crippen LogP contribution < -0.4 is 0 Å². The number of esters is 1. The quantitative estimate of drug-likeness (QED) is 0.695. The number of aliphatic hydroxyl groups is 1. The summed E-state index contributed by atoms with van der Waals surface area (Å²) in [7, 11) is 1.06. The van der Waals surface area contributed by atoms with Crippen molar-refractivity contribution < 1.29 is 27.8 Å². The highest BCUT2D eigenvalue weighted by Crippen LogP contribution is 2.22. The fraction of sp³-hybridized carbons (Fsp3) is 0.857. The summed E-state index contributed by atoms with van der Waals surface area (Å²) in [4.78, 5) is 10.5. The SMILES string of the molecule is COC(=O)C(O)CCCC(F)(F)F. The zero-order valence-corrected chi connectivity index (χ0v) is 7.10. The Morgan fingerprint density at radius 3 is 2.46 bits per heavy atom. The van der Waals surface area contributed by atoms with Crippen molar-refractivity contribution in [2.24, 2.45) is 0 Å². The van der Waals surface area contributed by atoms with Crippen LogP contribution in [0.2, 0.25) is 0 Å². The van der Waals surface area contributed by atoms with Gasteiger partial charge in [-0.05, 0) is 12.8 Å². The molecule has 0 spiro atoms. The molecule has 0 saturated carbocycles. The van der Waals surface area contributed by atoms with Gasteiger partial charge >= 0.3 is 12.1 Å². The molecular weight excluding hydrogens is 189 g/mol. The number of carbonyl (C=O) groups is 1. The highest BCUT2D eigenvalue weighted by atomic mass is 19.4. The summed E-state index contributed by atoms with van der Waals surface area (Å²) < 4.78 is 38.9. The van der Waals surface area contributed by atoms with Crippen molar-refractivity contribution in [1.29, 1.82) is 0 Å². The largest absolute Gasteiger partial charge is 0.467 e. The van der Waals surface area contributed by atoms with Crippen LogP contribution in [0.4, 0.5) is 13.2 Å². The van der Waals surface area contributed by atoms with Crippen LogP contribution in [0, 0.1) is 0 Å². The van der Waals surface area contributed by atoms with Crippen LogP contribution in [-0.4, -0.2) is 30.5 Å². The molecule has 0 aliphatic carbocycles. The highest BCUT2D eigenvalue weighted by molar-refractivity contribution is 5.74.